The van der Waals surface area contributed by atoms with Crippen LogP contribution in [0.5, 0.6) is 5.75 Å². The summed E-state index contributed by atoms with van der Waals surface area (Å²) >= 11 is -1.65. The summed E-state index contributed by atoms with van der Waals surface area (Å²) in [6, 6.07) is 66.1. The number of rotatable bonds is 23. The molecule has 0 N–H and O–H groups in total. The van der Waals surface area contributed by atoms with Crippen LogP contribution in [0.15, 0.2) is 249 Å². The van der Waals surface area contributed by atoms with Crippen molar-refractivity contribution in [3.8, 4) is 39.1 Å². The van der Waals surface area contributed by atoms with Crippen LogP contribution in [0.3, 0.4) is 0 Å². The molecular formula is C110H144Cl4OSi2Zr2. The molecule has 0 radical (unpaired) electrons. The molecule has 16 unspecified atom stereocenters. The van der Waals surface area contributed by atoms with Crippen molar-refractivity contribution >= 4 is 72.5 Å². The van der Waals surface area contributed by atoms with Gasteiger partial charge in [-0.2, -0.15) is 0 Å². The van der Waals surface area contributed by atoms with Crippen LogP contribution in [0, 0.1) is 101 Å². The topological polar surface area (TPSA) is 9.23 Å². The molecule has 634 valence electrons. The van der Waals surface area contributed by atoms with Crippen LogP contribution in [-0.2, 0) is 52.5 Å². The Bertz CT molecular complexity index is 4430. The number of methoxy groups -OCH3 is 1. The molecule has 16 atom stereocenters. The van der Waals surface area contributed by atoms with Crippen molar-refractivity contribution in [2.75, 3.05) is 7.11 Å². The summed E-state index contributed by atoms with van der Waals surface area (Å²) < 4.78 is 6.22. The predicted octanol–water partition coefficient (Wildman–Crippen LogP) is 35.0. The fourth-order valence-electron chi connectivity index (χ4n) is 24.7. The van der Waals surface area contributed by atoms with Crippen LogP contribution in [0.25, 0.3) is 55.7 Å². The van der Waals surface area contributed by atoms with Crippen molar-refractivity contribution in [1.29, 1.82) is 0 Å². The van der Waals surface area contributed by atoms with E-state index in [0.717, 1.165) is 45.7 Å². The Labute approximate surface area is 765 Å². The summed E-state index contributed by atoms with van der Waals surface area (Å²) in [5, 5.41) is 0. The zero-order valence-corrected chi connectivity index (χ0v) is 85.9. The number of benzene rings is 7. The molecule has 9 heteroatoms. The van der Waals surface area contributed by atoms with E-state index < -0.39 is 57.8 Å². The molecule has 0 amide bonds. The van der Waals surface area contributed by atoms with Crippen LogP contribution in [0.1, 0.15) is 199 Å². The Morgan fingerprint density at radius 3 is 0.941 bits per heavy atom. The molecule has 1 nitrogen and oxygen atoms in total. The summed E-state index contributed by atoms with van der Waals surface area (Å²) in [5.74, 6) is 9.03. The second kappa shape index (κ2) is 45.7. The van der Waals surface area contributed by atoms with Gasteiger partial charge in [0.25, 0.3) is 0 Å². The fraction of sp³-hybridized carbons (Fsp3) is 0.436. The third-order valence-corrected chi connectivity index (χ3v) is 39.3. The SMILES string of the molecule is CCCCC1CC2C(c3ccccc3-c3ccccc3)=CC=CC2C1[Si](C)(C)C1C(CCCC)CC2C(c3ccccc3-c3ccccc3)=CC=CC21.CCCCCCC1CC2C(c3ccccc3-c3ccccc3)=CC=CC2C1[Si](C)(C)C1C(C)CC2C(c3cc(C(C)(C)C)c(OC)c(C(C)(C)C)c3)=CC=CC21.[CH3-].[CH3-].[CH3-].[CH3-].[Cl][Zr+2][Cl].[Cl][Zr+2][Cl]. The molecule has 7 aromatic rings. The molecule has 4 saturated carbocycles. The van der Waals surface area contributed by atoms with Gasteiger partial charge in [0.15, 0.2) is 0 Å². The third-order valence-electron chi connectivity index (χ3n) is 28.9. The van der Waals surface area contributed by atoms with E-state index in [1.807, 2.05) is 7.11 Å². The maximum absolute atomic E-state index is 6.22. The first-order chi connectivity index (χ1) is 55.5. The van der Waals surface area contributed by atoms with E-state index in [0.29, 0.717) is 53.3 Å². The van der Waals surface area contributed by atoms with Crippen LogP contribution in [0.4, 0.5) is 0 Å². The Morgan fingerprint density at radius 1 is 0.353 bits per heavy atom. The molecule has 0 aromatic heterocycles. The van der Waals surface area contributed by atoms with E-state index >= 15 is 0 Å². The molecule has 0 saturated heterocycles. The number of fused-ring (bicyclic) bond motifs is 4. The second-order valence-corrected chi connectivity index (χ2v) is 55.7. The van der Waals surface area contributed by atoms with Crippen molar-refractivity contribution in [2.45, 2.75) is 225 Å². The normalized spacial score (nSPS) is 25.4. The Balaban J connectivity index is 0.000000270. The summed E-state index contributed by atoms with van der Waals surface area (Å²) in [7, 11) is 17.9. The summed E-state index contributed by atoms with van der Waals surface area (Å²) in [5.41, 5.74) is 26.1. The van der Waals surface area contributed by atoms with Gasteiger partial charge in [0.05, 0.1) is 23.3 Å². The van der Waals surface area contributed by atoms with Gasteiger partial charge in [0.2, 0.25) is 0 Å². The first kappa shape index (κ1) is 100. The fourth-order valence-corrected chi connectivity index (χ4v) is 37.1. The van der Waals surface area contributed by atoms with E-state index in [2.05, 4.69) is 344 Å². The van der Waals surface area contributed by atoms with Crippen molar-refractivity contribution in [3.63, 3.8) is 0 Å². The van der Waals surface area contributed by atoms with E-state index in [-0.39, 0.29) is 40.5 Å². The predicted molar refractivity (Wildman–Crippen MR) is 527 cm³/mol. The molecule has 8 aliphatic rings. The Morgan fingerprint density at radius 2 is 0.630 bits per heavy atom. The quantitative estimate of drug-likeness (QED) is 0.0352. The number of hydrogen-bond acceptors (Lipinski definition) is 1. The van der Waals surface area contributed by atoms with Gasteiger partial charge >= 0.3 is 75.7 Å². The average Bonchev–Trinajstić information content (AvgIpc) is 1.59. The van der Waals surface area contributed by atoms with E-state index in [1.54, 1.807) is 22.3 Å². The average molecular weight is 1860 g/mol. The van der Waals surface area contributed by atoms with Gasteiger partial charge in [0, 0.05) is 11.1 Å². The standard InChI is InChI=1S/C54H72OSi.C52H60Si.4CH3.4ClH.2Zr/c1-12-13-14-16-25-38-33-47-43(42-27-20-19-26-40(42)37-23-17-15-18-24-37)29-22-31-45(47)52(38)56(10,11)51-36(2)32-46-41(28-21-30-44(46)51)39-34-48(53(3,4)5)50(55-9)49(35-39)54(6,7)8;1-5-7-21-39-35-49-45(43-29-17-15-27-41(43)37-23-11-9-12-24-37)31-19-33-47(49)51(39)53(3,4)52-40(22-8-6-2)36-50-46(32-20-34-48(50)52)44-30-18-16-28-42(44)38-25-13-10-14-26-38;;;;;;;;;;/h15,17-24,26-31,34-36,38,44-47,51-52H,12-14,16,25,32-33H2,1-11H3;9-20,23-34,39-40,47-52H,5-8,21-22,35-36H2,1-4H3;4*1H3;4*1H;;/q;;4*-1;;;;;2*+4/p-4. The van der Waals surface area contributed by atoms with Crippen LogP contribution in [-0.4, -0.2) is 23.3 Å². The summed E-state index contributed by atoms with van der Waals surface area (Å²) in [4.78, 5) is 0. The summed E-state index contributed by atoms with van der Waals surface area (Å²) in [6.07, 6.45) is 50.7. The van der Waals surface area contributed by atoms with Crippen molar-refractivity contribution in [3.05, 3.63) is 312 Å². The minimum absolute atomic E-state index is 0. The molecule has 0 aliphatic heterocycles. The van der Waals surface area contributed by atoms with Gasteiger partial charge in [-0.1, -0.05) is 403 Å². The first-order valence-electron chi connectivity index (χ1n) is 44.1. The molecule has 4 fully saturated rings. The maximum atomic E-state index is 6.22. The zero-order chi connectivity index (χ0) is 81.8. The molecule has 0 spiro atoms. The minimum atomic E-state index is -1.86. The molecule has 119 heavy (non-hydrogen) atoms. The van der Waals surface area contributed by atoms with Gasteiger partial charge in [-0.25, -0.2) is 0 Å². The van der Waals surface area contributed by atoms with Crippen LogP contribution < -0.4 is 4.74 Å². The van der Waals surface area contributed by atoms with Gasteiger partial charge in [-0.3, -0.25) is 0 Å². The second-order valence-electron chi connectivity index (χ2n) is 38.3. The molecular weight excluding hydrogens is 1720 g/mol. The number of allylic oxidation sites excluding steroid dienone is 16. The molecule has 8 aliphatic carbocycles. The van der Waals surface area contributed by atoms with Gasteiger partial charge in [-0.15, -0.1) is 0 Å². The molecule has 0 heterocycles. The van der Waals surface area contributed by atoms with Crippen molar-refractivity contribution < 1.29 is 46.4 Å². The Kier molecular flexibility index (Phi) is 38.4. The zero-order valence-electron chi connectivity index (χ0n) is 75.9. The van der Waals surface area contributed by atoms with Crippen molar-refractivity contribution in [1.82, 2.24) is 0 Å². The number of ether oxygens (including phenoxy) is 1. The Hall–Kier alpha value is -4.38. The molecule has 15 rings (SSSR count). The summed E-state index contributed by atoms with van der Waals surface area (Å²) in [6.45, 7) is 35.3. The van der Waals surface area contributed by atoms with Crippen molar-refractivity contribution in [2.24, 2.45) is 71.0 Å². The van der Waals surface area contributed by atoms with E-state index in [1.165, 1.54) is 163 Å². The van der Waals surface area contributed by atoms with Crippen LogP contribution in [0.2, 0.25) is 48.4 Å². The van der Waals surface area contributed by atoms with Gasteiger partial charge in [0.1, 0.15) is 5.75 Å². The molecule has 7 aromatic carbocycles. The van der Waals surface area contributed by atoms with Gasteiger partial charge < -0.3 is 34.4 Å². The van der Waals surface area contributed by atoms with E-state index in [9.17, 15) is 0 Å². The monoisotopic (exact) mass is 1860 g/mol. The first-order valence-corrected chi connectivity index (χ1v) is 63.1. The van der Waals surface area contributed by atoms with E-state index in [4.69, 9.17) is 38.8 Å². The molecule has 0 bridgehead atoms. The number of halogens is 4. The number of unbranched alkanes of at least 4 members (excludes halogenated alkanes) is 5. The van der Waals surface area contributed by atoms with Crippen LogP contribution >= 0.6 is 34.1 Å². The number of hydrogen-bond donors (Lipinski definition) is 0. The van der Waals surface area contributed by atoms with Gasteiger partial charge in [-0.05, 0) is 220 Å². The third kappa shape index (κ3) is 22.2.